The Bertz CT molecular complexity index is 666. The Balaban J connectivity index is 6.31. The van der Waals surface area contributed by atoms with E-state index in [2.05, 4.69) is 80.1 Å². The van der Waals surface area contributed by atoms with Gasteiger partial charge in [-0.2, -0.15) is 0 Å². The summed E-state index contributed by atoms with van der Waals surface area (Å²) in [6, 6.07) is 0. The average Bonchev–Trinajstić information content (AvgIpc) is 2.66. The number of aliphatic hydroxyl groups is 2. The lowest BCUT2D eigenvalue weighted by Gasteiger charge is -2.43. The van der Waals surface area contributed by atoms with Crippen molar-refractivity contribution in [3.05, 3.63) is 0 Å². The molecule has 0 aromatic carbocycles. The maximum absolute atomic E-state index is 13.1. The molecule has 0 aromatic heterocycles. The molecule has 0 saturated carbocycles. The van der Waals surface area contributed by atoms with E-state index in [1.807, 2.05) is 0 Å². The van der Waals surface area contributed by atoms with E-state index < -0.39 is 55.0 Å². The fourth-order valence-electron chi connectivity index (χ4n) is 3.97. The highest BCUT2D eigenvalue weighted by Gasteiger charge is 2.43. The highest BCUT2D eigenvalue weighted by Crippen LogP contribution is 2.39. The number of rotatable bonds is 16. The van der Waals surface area contributed by atoms with Crippen molar-refractivity contribution in [3.8, 4) is 0 Å². The van der Waals surface area contributed by atoms with Crippen LogP contribution in [0, 0.1) is 11.8 Å². The minimum Gasteiger partial charge on any atom is -0.414 e. The molecule has 0 aliphatic carbocycles. The lowest BCUT2D eigenvalue weighted by atomic mass is 9.83. The van der Waals surface area contributed by atoms with E-state index in [1.165, 1.54) is 6.92 Å². The highest BCUT2D eigenvalue weighted by atomic mass is 28.4. The first-order valence-corrected chi connectivity index (χ1v) is 23.1. The van der Waals surface area contributed by atoms with Crippen LogP contribution in [0.4, 0.5) is 0 Å². The first-order valence-electron chi connectivity index (χ1n) is 13.4. The van der Waals surface area contributed by atoms with Crippen molar-refractivity contribution in [2.45, 2.75) is 136 Å². The molecular formula is C26H58O7Si3. The van der Waals surface area contributed by atoms with Crippen LogP contribution >= 0.6 is 0 Å². The van der Waals surface area contributed by atoms with E-state index in [9.17, 15) is 15.0 Å². The summed E-state index contributed by atoms with van der Waals surface area (Å²) >= 11 is 0. The molecule has 7 atom stereocenters. The Morgan fingerprint density at radius 2 is 1.31 bits per heavy atom. The molecule has 0 radical (unpaired) electrons. The fourth-order valence-corrected chi connectivity index (χ4v) is 7.77. The predicted octanol–water partition coefficient (Wildman–Crippen LogP) is 5.44. The summed E-state index contributed by atoms with van der Waals surface area (Å²) in [5.41, 5.74) is 0. The second kappa shape index (κ2) is 13.9. The van der Waals surface area contributed by atoms with Crippen LogP contribution in [0.1, 0.15) is 48.0 Å². The summed E-state index contributed by atoms with van der Waals surface area (Å²) in [6.07, 6.45) is -2.80. The second-order valence-corrected chi connectivity index (χ2v) is 27.6. The van der Waals surface area contributed by atoms with Gasteiger partial charge in [0.2, 0.25) is 0 Å². The molecule has 7 nitrogen and oxygen atoms in total. The number of ketones is 1. The lowest BCUT2D eigenvalue weighted by Crippen LogP contribution is -2.52. The molecule has 0 aliphatic heterocycles. The Hall–Kier alpha value is 0.0806. The molecule has 0 aromatic rings. The van der Waals surface area contributed by atoms with Gasteiger partial charge in [0.25, 0.3) is 0 Å². The van der Waals surface area contributed by atoms with Gasteiger partial charge in [0.05, 0.1) is 31.0 Å². The van der Waals surface area contributed by atoms with Gasteiger partial charge in [0.15, 0.2) is 30.7 Å². The van der Waals surface area contributed by atoms with Crippen molar-refractivity contribution in [2.24, 2.45) is 11.8 Å². The number of aliphatic hydroxyl groups excluding tert-OH is 2. The molecule has 0 spiro atoms. The highest BCUT2D eigenvalue weighted by molar-refractivity contribution is 6.74. The quantitative estimate of drug-likeness (QED) is 0.240. The molecule has 0 bridgehead atoms. The smallest absolute Gasteiger partial charge is 0.192 e. The summed E-state index contributed by atoms with van der Waals surface area (Å²) in [6.45, 7) is 29.7. The Morgan fingerprint density at radius 1 is 0.833 bits per heavy atom. The third-order valence-corrected chi connectivity index (χ3v) is 13.4. The van der Waals surface area contributed by atoms with Crippen LogP contribution in [0.2, 0.25) is 57.4 Å². The minimum atomic E-state index is -2.07. The molecule has 0 rings (SSSR count). The predicted molar refractivity (Wildman–Crippen MR) is 156 cm³/mol. The van der Waals surface area contributed by atoms with Crippen molar-refractivity contribution < 1.29 is 33.0 Å². The van der Waals surface area contributed by atoms with Gasteiger partial charge in [0.1, 0.15) is 6.10 Å². The SMILES string of the molecule is COC[C@@H](C[C@@H](O[Si](C)(C)C)[C@H](C)[C@H](O[Si](C)(C)C)[C@@H](C)C(=O)[C@H](O)[C@H](C)O)O[Si](C)(C)C(C)(C)C. The molecule has 0 saturated heterocycles. The number of hydrogen-bond acceptors (Lipinski definition) is 7. The van der Waals surface area contributed by atoms with E-state index in [1.54, 1.807) is 14.0 Å². The van der Waals surface area contributed by atoms with Crippen molar-refractivity contribution in [2.75, 3.05) is 13.7 Å². The van der Waals surface area contributed by atoms with E-state index in [4.69, 9.17) is 18.0 Å². The topological polar surface area (TPSA) is 94.5 Å². The molecule has 10 heteroatoms. The molecule has 0 fully saturated rings. The summed E-state index contributed by atoms with van der Waals surface area (Å²) in [7, 11) is -4.42. The average molecular weight is 567 g/mol. The van der Waals surface area contributed by atoms with Gasteiger partial charge in [0, 0.05) is 18.9 Å². The number of hydrogen-bond donors (Lipinski definition) is 2. The number of ether oxygens (including phenoxy) is 1. The maximum atomic E-state index is 13.1. The minimum absolute atomic E-state index is 0.0568. The molecule has 0 aliphatic rings. The maximum Gasteiger partial charge on any atom is 0.192 e. The van der Waals surface area contributed by atoms with E-state index in [0.717, 1.165) is 0 Å². The summed E-state index contributed by atoms with van der Waals surface area (Å²) in [5, 5.41) is 20.3. The van der Waals surface area contributed by atoms with Gasteiger partial charge in [-0.1, -0.05) is 34.6 Å². The van der Waals surface area contributed by atoms with Crippen molar-refractivity contribution >= 4 is 30.7 Å². The van der Waals surface area contributed by atoms with Crippen molar-refractivity contribution in [3.63, 3.8) is 0 Å². The van der Waals surface area contributed by atoms with Gasteiger partial charge in [-0.25, -0.2) is 0 Å². The lowest BCUT2D eigenvalue weighted by molar-refractivity contribution is -0.140. The van der Waals surface area contributed by atoms with Crippen LogP contribution in [0.5, 0.6) is 0 Å². The van der Waals surface area contributed by atoms with Crippen LogP contribution in [-0.4, -0.2) is 85.2 Å². The molecule has 0 unspecified atom stereocenters. The van der Waals surface area contributed by atoms with Gasteiger partial charge < -0.3 is 28.2 Å². The zero-order chi connectivity index (χ0) is 28.9. The van der Waals surface area contributed by atoms with Crippen molar-refractivity contribution in [1.29, 1.82) is 0 Å². The first kappa shape index (κ1) is 36.1. The van der Waals surface area contributed by atoms with Crippen LogP contribution < -0.4 is 0 Å². The largest absolute Gasteiger partial charge is 0.414 e. The number of methoxy groups -OCH3 is 1. The van der Waals surface area contributed by atoms with Gasteiger partial charge in [-0.3, -0.25) is 4.79 Å². The van der Waals surface area contributed by atoms with E-state index in [0.29, 0.717) is 13.0 Å². The Labute approximate surface area is 225 Å². The van der Waals surface area contributed by atoms with Crippen LogP contribution in [0.25, 0.3) is 0 Å². The molecule has 2 N–H and O–H groups in total. The van der Waals surface area contributed by atoms with Crippen molar-refractivity contribution in [1.82, 2.24) is 0 Å². The standard InChI is InChI=1S/C26H58O7Si3/c1-18(25(33-35(11,12)13)19(2)23(28)24(29)20(3)27)22(32-34(8,9)10)16-21(17-30-7)31-36(14,15)26(4,5)6/h18-22,24-25,27,29H,16-17H2,1-15H3/t18-,19-,20-,21+,22+,24+,25-/m0/s1. The zero-order valence-electron chi connectivity index (χ0n) is 25.9. The monoisotopic (exact) mass is 566 g/mol. The summed E-state index contributed by atoms with van der Waals surface area (Å²) in [5.74, 6) is -1.16. The summed E-state index contributed by atoms with van der Waals surface area (Å²) in [4.78, 5) is 13.1. The molecule has 0 heterocycles. The molecule has 0 amide bonds. The van der Waals surface area contributed by atoms with E-state index in [-0.39, 0.29) is 23.2 Å². The number of carbonyl (C=O) groups excluding carboxylic acids is 1. The Kier molecular flexibility index (Phi) is 14.0. The number of Topliss-reactive ketones (excluding diaryl/α,β-unsaturated/α-hetero) is 1. The first-order chi connectivity index (χ1) is 15.9. The fraction of sp³-hybridized carbons (Fsp3) is 0.962. The molecular weight excluding hydrogens is 509 g/mol. The van der Waals surface area contributed by atoms with Gasteiger partial charge >= 0.3 is 0 Å². The van der Waals surface area contributed by atoms with Gasteiger partial charge in [-0.15, -0.1) is 0 Å². The third kappa shape index (κ3) is 12.3. The summed E-state index contributed by atoms with van der Waals surface area (Å²) < 4.78 is 25.7. The van der Waals surface area contributed by atoms with Crippen LogP contribution in [-0.2, 0) is 22.8 Å². The normalized spacial score (nSPS) is 19.8. The second-order valence-electron chi connectivity index (χ2n) is 13.9. The van der Waals surface area contributed by atoms with Gasteiger partial charge in [-0.05, 0) is 70.8 Å². The molecule has 216 valence electrons. The zero-order valence-corrected chi connectivity index (χ0v) is 28.9. The van der Waals surface area contributed by atoms with Crippen LogP contribution in [0.15, 0.2) is 0 Å². The molecule has 36 heavy (non-hydrogen) atoms. The third-order valence-electron chi connectivity index (χ3n) is 6.90. The van der Waals surface area contributed by atoms with Crippen LogP contribution in [0.3, 0.4) is 0 Å². The van der Waals surface area contributed by atoms with E-state index >= 15 is 0 Å². The Morgan fingerprint density at radius 3 is 1.67 bits per heavy atom. The number of carbonyl (C=O) groups is 1.